The predicted molar refractivity (Wildman–Crippen MR) is 88.2 cm³/mol. The van der Waals surface area contributed by atoms with Gasteiger partial charge in [-0.3, -0.25) is 4.21 Å². The Morgan fingerprint density at radius 2 is 2.00 bits per heavy atom. The van der Waals surface area contributed by atoms with E-state index in [0.29, 0.717) is 23.7 Å². The van der Waals surface area contributed by atoms with Crippen molar-refractivity contribution in [3.8, 4) is 0 Å². The third-order valence-electron chi connectivity index (χ3n) is 3.71. The monoisotopic (exact) mass is 341 g/mol. The number of nitrogens with zero attached hydrogens (tertiary/aromatic N) is 1. The van der Waals surface area contributed by atoms with Crippen molar-refractivity contribution in [2.75, 3.05) is 18.8 Å². The molecule has 4 nitrogen and oxygen atoms in total. The summed E-state index contributed by atoms with van der Waals surface area (Å²) < 4.78 is 30.9. The number of ether oxygens (including phenoxy) is 1. The highest BCUT2D eigenvalue weighted by molar-refractivity contribution is 7.85. The summed E-state index contributed by atoms with van der Waals surface area (Å²) in [6.45, 7) is 6.76. The molecular formula is C17H24FNO3S. The first kappa shape index (κ1) is 17.9. The van der Waals surface area contributed by atoms with Gasteiger partial charge in [0, 0.05) is 23.7 Å². The molecule has 6 heteroatoms. The average Bonchev–Trinajstić information content (AvgIpc) is 2.46. The lowest BCUT2D eigenvalue weighted by Gasteiger charge is -2.33. The molecule has 1 fully saturated rings. The Kier molecular flexibility index (Phi) is 5.79. The summed E-state index contributed by atoms with van der Waals surface area (Å²) in [5, 5.41) is 0. The van der Waals surface area contributed by atoms with Crippen molar-refractivity contribution in [3.05, 3.63) is 30.1 Å². The van der Waals surface area contributed by atoms with E-state index in [2.05, 4.69) is 0 Å². The van der Waals surface area contributed by atoms with Crippen molar-refractivity contribution in [1.82, 2.24) is 4.90 Å². The Balaban J connectivity index is 1.83. The highest BCUT2D eigenvalue weighted by Crippen LogP contribution is 2.22. The molecule has 2 rings (SSSR count). The summed E-state index contributed by atoms with van der Waals surface area (Å²) in [6, 6.07) is 5.94. The Bertz CT molecular complexity index is 577. The minimum absolute atomic E-state index is 0.276. The number of halogens is 1. The van der Waals surface area contributed by atoms with Gasteiger partial charge in [0.25, 0.3) is 0 Å². The average molecular weight is 341 g/mol. The van der Waals surface area contributed by atoms with E-state index in [1.165, 1.54) is 12.1 Å². The zero-order valence-corrected chi connectivity index (χ0v) is 14.7. The fraction of sp³-hybridized carbons (Fsp3) is 0.588. The van der Waals surface area contributed by atoms with E-state index in [0.717, 1.165) is 12.8 Å². The van der Waals surface area contributed by atoms with Crippen LogP contribution in [0.3, 0.4) is 0 Å². The maximum atomic E-state index is 13.2. The van der Waals surface area contributed by atoms with Gasteiger partial charge in [0.1, 0.15) is 11.4 Å². The van der Waals surface area contributed by atoms with Gasteiger partial charge in [0.2, 0.25) is 0 Å². The quantitative estimate of drug-likeness (QED) is 0.844. The van der Waals surface area contributed by atoms with Gasteiger partial charge >= 0.3 is 6.09 Å². The van der Waals surface area contributed by atoms with E-state index >= 15 is 0 Å². The molecular weight excluding hydrogens is 317 g/mol. The third-order valence-corrected chi connectivity index (χ3v) is 5.27. The van der Waals surface area contributed by atoms with Gasteiger partial charge in [-0.2, -0.15) is 0 Å². The molecule has 0 saturated carbocycles. The summed E-state index contributed by atoms with van der Waals surface area (Å²) in [7, 11) is -1.20. The van der Waals surface area contributed by atoms with Gasteiger partial charge in [0.05, 0.1) is 10.8 Å². The lowest BCUT2D eigenvalue weighted by atomic mass is 9.99. The molecule has 1 heterocycles. The standard InChI is InChI=1S/C17H24FNO3S/c1-17(2,3)22-16(20)19-9-7-13(8-10-19)12-23(21)15-6-4-5-14(18)11-15/h4-6,11,13H,7-10,12H2,1-3H3. The molecule has 0 spiro atoms. The second kappa shape index (κ2) is 7.43. The number of hydrogen-bond acceptors (Lipinski definition) is 3. The molecule has 0 N–H and O–H groups in total. The molecule has 1 aromatic carbocycles. The van der Waals surface area contributed by atoms with Gasteiger partial charge in [-0.05, 0) is 57.7 Å². The van der Waals surface area contributed by atoms with E-state index in [1.807, 2.05) is 20.8 Å². The molecule has 0 bridgehead atoms. The van der Waals surface area contributed by atoms with Crippen molar-refractivity contribution >= 4 is 16.9 Å². The topological polar surface area (TPSA) is 46.6 Å². The number of carbonyl (C=O) groups excluding carboxylic acids is 1. The highest BCUT2D eigenvalue weighted by atomic mass is 32.2. The molecule has 0 radical (unpaired) electrons. The summed E-state index contributed by atoms with van der Waals surface area (Å²) in [4.78, 5) is 14.2. The number of rotatable bonds is 3. The zero-order chi connectivity index (χ0) is 17.0. The molecule has 128 valence electrons. The summed E-state index contributed by atoms with van der Waals surface area (Å²) in [5.41, 5.74) is -0.493. The first-order chi connectivity index (χ1) is 10.7. The summed E-state index contributed by atoms with van der Waals surface area (Å²) in [6.07, 6.45) is 1.29. The van der Waals surface area contributed by atoms with E-state index in [1.54, 1.807) is 17.0 Å². The lowest BCUT2D eigenvalue weighted by Crippen LogP contribution is -2.42. The maximum absolute atomic E-state index is 13.2. The zero-order valence-electron chi connectivity index (χ0n) is 13.9. The van der Waals surface area contributed by atoms with Crippen LogP contribution < -0.4 is 0 Å². The molecule has 1 atom stereocenters. The van der Waals surface area contributed by atoms with Gasteiger partial charge in [-0.25, -0.2) is 9.18 Å². The predicted octanol–water partition coefficient (Wildman–Crippen LogP) is 3.58. The van der Waals surface area contributed by atoms with Gasteiger partial charge in [-0.1, -0.05) is 6.07 Å². The Hall–Kier alpha value is -1.43. The van der Waals surface area contributed by atoms with Crippen molar-refractivity contribution < 1.29 is 18.1 Å². The van der Waals surface area contributed by atoms with Crippen LogP contribution in [0.15, 0.2) is 29.2 Å². The normalized spacial score (nSPS) is 17.8. The first-order valence-electron chi connectivity index (χ1n) is 7.86. The molecule has 23 heavy (non-hydrogen) atoms. The molecule has 1 unspecified atom stereocenters. The third kappa shape index (κ3) is 5.61. The Morgan fingerprint density at radius 3 is 2.57 bits per heavy atom. The van der Waals surface area contributed by atoms with E-state index < -0.39 is 16.4 Å². The fourth-order valence-electron chi connectivity index (χ4n) is 2.53. The molecule has 1 aromatic rings. The lowest BCUT2D eigenvalue weighted by molar-refractivity contribution is 0.0191. The van der Waals surface area contributed by atoms with Crippen molar-refractivity contribution in [3.63, 3.8) is 0 Å². The number of benzene rings is 1. The Labute approximate surface area is 139 Å². The molecule has 0 aliphatic carbocycles. The second-order valence-electron chi connectivity index (χ2n) is 6.88. The number of carbonyl (C=O) groups is 1. The second-order valence-corrected chi connectivity index (χ2v) is 8.38. The van der Waals surface area contributed by atoms with Crippen LogP contribution >= 0.6 is 0 Å². The van der Waals surface area contributed by atoms with Crippen LogP contribution in [0.25, 0.3) is 0 Å². The number of amides is 1. The largest absolute Gasteiger partial charge is 0.444 e. The summed E-state index contributed by atoms with van der Waals surface area (Å²) >= 11 is 0. The number of likely N-dealkylation sites (tertiary alicyclic amines) is 1. The highest BCUT2D eigenvalue weighted by Gasteiger charge is 2.27. The van der Waals surface area contributed by atoms with E-state index in [9.17, 15) is 13.4 Å². The van der Waals surface area contributed by atoms with Crippen LogP contribution in [0, 0.1) is 11.7 Å². The molecule has 1 amide bonds. The fourth-order valence-corrected chi connectivity index (χ4v) is 3.96. The smallest absolute Gasteiger partial charge is 0.410 e. The molecule has 1 saturated heterocycles. The van der Waals surface area contributed by atoms with Crippen LogP contribution in [-0.4, -0.2) is 39.6 Å². The van der Waals surface area contributed by atoms with Crippen LogP contribution in [0.4, 0.5) is 9.18 Å². The van der Waals surface area contributed by atoms with Crippen LogP contribution in [0.5, 0.6) is 0 Å². The maximum Gasteiger partial charge on any atom is 0.410 e. The van der Waals surface area contributed by atoms with Crippen molar-refractivity contribution in [1.29, 1.82) is 0 Å². The van der Waals surface area contributed by atoms with Gasteiger partial charge in [-0.15, -0.1) is 0 Å². The minimum atomic E-state index is -1.20. The van der Waals surface area contributed by atoms with Gasteiger partial charge in [0.15, 0.2) is 0 Å². The van der Waals surface area contributed by atoms with Crippen molar-refractivity contribution in [2.45, 2.75) is 44.1 Å². The van der Waals surface area contributed by atoms with Crippen LogP contribution in [-0.2, 0) is 15.5 Å². The summed E-state index contributed by atoms with van der Waals surface area (Å²) in [5.74, 6) is 0.416. The van der Waals surface area contributed by atoms with Crippen LogP contribution in [0.1, 0.15) is 33.6 Å². The van der Waals surface area contributed by atoms with Crippen LogP contribution in [0.2, 0.25) is 0 Å². The van der Waals surface area contributed by atoms with Crippen molar-refractivity contribution in [2.24, 2.45) is 5.92 Å². The first-order valence-corrected chi connectivity index (χ1v) is 9.18. The Morgan fingerprint density at radius 1 is 1.35 bits per heavy atom. The minimum Gasteiger partial charge on any atom is -0.444 e. The molecule has 0 aromatic heterocycles. The van der Waals surface area contributed by atoms with E-state index in [-0.39, 0.29) is 17.8 Å². The number of hydrogen-bond donors (Lipinski definition) is 0. The molecule has 1 aliphatic rings. The van der Waals surface area contributed by atoms with Gasteiger partial charge < -0.3 is 9.64 Å². The van der Waals surface area contributed by atoms with E-state index in [4.69, 9.17) is 4.74 Å². The molecule has 1 aliphatic heterocycles. The number of piperidine rings is 1. The SMILES string of the molecule is CC(C)(C)OC(=O)N1CCC(CS(=O)c2cccc(F)c2)CC1.